The summed E-state index contributed by atoms with van der Waals surface area (Å²) in [6, 6.07) is 13.7. The number of ketones is 2. The Labute approximate surface area is 175 Å². The summed E-state index contributed by atoms with van der Waals surface area (Å²) >= 11 is 0. The van der Waals surface area contributed by atoms with E-state index in [9.17, 15) is 22.8 Å². The van der Waals surface area contributed by atoms with E-state index in [0.29, 0.717) is 6.61 Å². The molecule has 2 aromatic carbocycles. The molecule has 2 rings (SSSR count). The van der Waals surface area contributed by atoms with Gasteiger partial charge in [-0.25, -0.2) is 0 Å². The summed E-state index contributed by atoms with van der Waals surface area (Å²) in [5.74, 6) is -2.10. The highest BCUT2D eigenvalue weighted by Crippen LogP contribution is 2.24. The second-order valence-corrected chi connectivity index (χ2v) is 7.24. The summed E-state index contributed by atoms with van der Waals surface area (Å²) in [5.41, 5.74) is 1.79. The summed E-state index contributed by atoms with van der Waals surface area (Å²) in [5, 5.41) is 0. The number of rotatable bonds is 12. The fourth-order valence-electron chi connectivity index (χ4n) is 3.01. The standard InChI is InChI=1S/C24H27F3O3/c1-2-3-4-5-6-7-16-30-21-14-12-19(13-15-21)18-8-10-20(11-9-18)22(28)17-23(29)24(25,26)27/h8-15H,2-7,16-17H2,1H3. The lowest BCUT2D eigenvalue weighted by Crippen LogP contribution is -2.25. The van der Waals surface area contributed by atoms with Crippen LogP contribution in [0.25, 0.3) is 11.1 Å². The highest BCUT2D eigenvalue weighted by atomic mass is 19.4. The van der Waals surface area contributed by atoms with Gasteiger partial charge in [0.05, 0.1) is 13.0 Å². The fourth-order valence-corrected chi connectivity index (χ4v) is 3.01. The van der Waals surface area contributed by atoms with Crippen LogP contribution in [-0.2, 0) is 4.79 Å². The molecule has 0 heterocycles. The molecule has 3 nitrogen and oxygen atoms in total. The SMILES string of the molecule is CCCCCCCCOc1ccc(-c2ccc(C(=O)CC(=O)C(F)(F)F)cc2)cc1. The number of ether oxygens (including phenoxy) is 1. The summed E-state index contributed by atoms with van der Waals surface area (Å²) in [6.07, 6.45) is 1.05. The Morgan fingerprint density at radius 2 is 1.33 bits per heavy atom. The van der Waals surface area contributed by atoms with Crippen molar-refractivity contribution in [1.82, 2.24) is 0 Å². The molecule has 0 amide bonds. The molecular formula is C24H27F3O3. The van der Waals surface area contributed by atoms with Gasteiger partial charge in [-0.15, -0.1) is 0 Å². The van der Waals surface area contributed by atoms with Crippen LogP contribution in [0.3, 0.4) is 0 Å². The van der Waals surface area contributed by atoms with Gasteiger partial charge in [-0.05, 0) is 29.7 Å². The number of hydrogen-bond donors (Lipinski definition) is 0. The van der Waals surface area contributed by atoms with Crippen molar-refractivity contribution < 1.29 is 27.5 Å². The molecule has 0 unspecified atom stereocenters. The van der Waals surface area contributed by atoms with Crippen LogP contribution in [-0.4, -0.2) is 24.3 Å². The van der Waals surface area contributed by atoms with Crippen molar-refractivity contribution in [3.8, 4) is 16.9 Å². The average Bonchev–Trinajstić information content (AvgIpc) is 2.73. The lowest BCUT2D eigenvalue weighted by molar-refractivity contribution is -0.170. The van der Waals surface area contributed by atoms with Gasteiger partial charge in [0.1, 0.15) is 5.75 Å². The molecule has 30 heavy (non-hydrogen) atoms. The molecule has 0 atom stereocenters. The minimum absolute atomic E-state index is 0.0789. The van der Waals surface area contributed by atoms with Gasteiger partial charge in [0.15, 0.2) is 5.78 Å². The maximum atomic E-state index is 12.3. The van der Waals surface area contributed by atoms with Crippen molar-refractivity contribution >= 4 is 11.6 Å². The topological polar surface area (TPSA) is 43.4 Å². The molecule has 0 saturated carbocycles. The van der Waals surface area contributed by atoms with Crippen molar-refractivity contribution in [2.45, 2.75) is 58.0 Å². The summed E-state index contributed by atoms with van der Waals surface area (Å²) < 4.78 is 42.6. The smallest absolute Gasteiger partial charge is 0.450 e. The second kappa shape index (κ2) is 11.5. The first-order valence-electron chi connectivity index (χ1n) is 10.3. The largest absolute Gasteiger partial charge is 0.494 e. The van der Waals surface area contributed by atoms with E-state index in [4.69, 9.17) is 4.74 Å². The molecule has 0 radical (unpaired) electrons. The summed E-state index contributed by atoms with van der Waals surface area (Å²) in [4.78, 5) is 22.8. The van der Waals surface area contributed by atoms with E-state index in [-0.39, 0.29) is 5.56 Å². The van der Waals surface area contributed by atoms with Crippen LogP contribution in [0.5, 0.6) is 5.75 Å². The third kappa shape index (κ3) is 7.65. The Morgan fingerprint density at radius 3 is 1.90 bits per heavy atom. The zero-order chi connectivity index (χ0) is 22.0. The van der Waals surface area contributed by atoms with Crippen molar-refractivity contribution in [2.75, 3.05) is 6.61 Å². The van der Waals surface area contributed by atoms with Crippen LogP contribution in [0.2, 0.25) is 0 Å². The number of Topliss-reactive ketones (excluding diaryl/α,β-unsaturated/α-hetero) is 2. The minimum Gasteiger partial charge on any atom is -0.494 e. The molecule has 0 bridgehead atoms. The molecule has 0 fully saturated rings. The lowest BCUT2D eigenvalue weighted by atomic mass is 10.0. The molecule has 0 aliphatic rings. The van der Waals surface area contributed by atoms with Gasteiger partial charge < -0.3 is 4.74 Å². The Hall–Kier alpha value is -2.63. The molecule has 6 heteroatoms. The zero-order valence-electron chi connectivity index (χ0n) is 17.1. The molecule has 0 aliphatic carbocycles. The minimum atomic E-state index is -4.99. The van der Waals surface area contributed by atoms with E-state index in [1.165, 1.54) is 37.8 Å². The van der Waals surface area contributed by atoms with Gasteiger partial charge in [0.2, 0.25) is 5.78 Å². The van der Waals surface area contributed by atoms with Gasteiger partial charge in [0.25, 0.3) is 0 Å². The maximum Gasteiger partial charge on any atom is 0.450 e. The third-order valence-corrected chi connectivity index (χ3v) is 4.80. The second-order valence-electron chi connectivity index (χ2n) is 7.24. The molecular weight excluding hydrogens is 393 g/mol. The van der Waals surface area contributed by atoms with Crippen molar-refractivity contribution in [3.05, 3.63) is 54.1 Å². The van der Waals surface area contributed by atoms with E-state index in [0.717, 1.165) is 29.7 Å². The third-order valence-electron chi connectivity index (χ3n) is 4.80. The van der Waals surface area contributed by atoms with Crippen LogP contribution in [0, 0.1) is 0 Å². The van der Waals surface area contributed by atoms with Crippen LogP contribution in [0.15, 0.2) is 48.5 Å². The highest BCUT2D eigenvalue weighted by Gasteiger charge is 2.39. The van der Waals surface area contributed by atoms with E-state index < -0.39 is 24.2 Å². The fraction of sp³-hybridized carbons (Fsp3) is 0.417. The van der Waals surface area contributed by atoms with Gasteiger partial charge >= 0.3 is 6.18 Å². The molecule has 2 aromatic rings. The van der Waals surface area contributed by atoms with Crippen LogP contribution in [0.1, 0.15) is 62.2 Å². The van der Waals surface area contributed by atoms with Gasteiger partial charge in [-0.3, -0.25) is 9.59 Å². The van der Waals surface area contributed by atoms with Gasteiger partial charge in [-0.1, -0.05) is 75.4 Å². The Kier molecular flexibility index (Phi) is 9.09. The van der Waals surface area contributed by atoms with Crippen LogP contribution >= 0.6 is 0 Å². The number of carbonyl (C=O) groups is 2. The molecule has 162 valence electrons. The van der Waals surface area contributed by atoms with Crippen molar-refractivity contribution in [2.24, 2.45) is 0 Å². The highest BCUT2D eigenvalue weighted by molar-refractivity contribution is 6.09. The van der Waals surface area contributed by atoms with Crippen molar-refractivity contribution in [1.29, 1.82) is 0 Å². The quantitative estimate of drug-likeness (QED) is 0.215. The summed E-state index contributed by atoms with van der Waals surface area (Å²) in [6.45, 7) is 2.88. The number of hydrogen-bond acceptors (Lipinski definition) is 3. The number of unbranched alkanes of at least 4 members (excludes halogenated alkanes) is 5. The normalized spacial score (nSPS) is 11.3. The Balaban J connectivity index is 1.85. The Morgan fingerprint density at radius 1 is 0.800 bits per heavy atom. The molecule has 0 aromatic heterocycles. The predicted molar refractivity (Wildman–Crippen MR) is 111 cm³/mol. The molecule has 0 N–H and O–H groups in total. The molecule has 0 aliphatic heterocycles. The molecule has 0 spiro atoms. The predicted octanol–water partition coefficient (Wildman–Crippen LogP) is 6.80. The van der Waals surface area contributed by atoms with E-state index in [1.807, 2.05) is 24.3 Å². The molecule has 0 saturated heterocycles. The Bertz CT molecular complexity index is 809. The zero-order valence-corrected chi connectivity index (χ0v) is 17.1. The first kappa shape index (κ1) is 23.6. The van der Waals surface area contributed by atoms with E-state index >= 15 is 0 Å². The first-order chi connectivity index (χ1) is 14.3. The number of halogens is 3. The van der Waals surface area contributed by atoms with Gasteiger partial charge in [0, 0.05) is 5.56 Å². The van der Waals surface area contributed by atoms with Crippen LogP contribution in [0.4, 0.5) is 13.2 Å². The number of alkyl halides is 3. The lowest BCUT2D eigenvalue weighted by Gasteiger charge is -2.08. The number of carbonyl (C=O) groups excluding carboxylic acids is 2. The average molecular weight is 420 g/mol. The van der Waals surface area contributed by atoms with Crippen molar-refractivity contribution in [3.63, 3.8) is 0 Å². The van der Waals surface area contributed by atoms with Gasteiger partial charge in [-0.2, -0.15) is 13.2 Å². The maximum absolute atomic E-state index is 12.3. The van der Waals surface area contributed by atoms with E-state index in [1.54, 1.807) is 12.1 Å². The first-order valence-corrected chi connectivity index (χ1v) is 10.3. The number of benzene rings is 2. The van der Waals surface area contributed by atoms with Crippen LogP contribution < -0.4 is 4.74 Å². The monoisotopic (exact) mass is 420 g/mol. The van der Waals surface area contributed by atoms with E-state index in [2.05, 4.69) is 6.92 Å². The summed E-state index contributed by atoms with van der Waals surface area (Å²) in [7, 11) is 0.